The summed E-state index contributed by atoms with van der Waals surface area (Å²) in [6.45, 7) is 12.5. The van der Waals surface area contributed by atoms with Gasteiger partial charge >= 0.3 is 0 Å². The zero-order valence-electron chi connectivity index (χ0n) is 41.8. The monoisotopic (exact) mass is 965 g/mol. The summed E-state index contributed by atoms with van der Waals surface area (Å²) in [5.41, 5.74) is 8.89. The smallest absolute Gasteiger partial charge is 0.257 e. The Labute approximate surface area is 416 Å². The SMILES string of the molecule is CNc1cc(=O)n(-c2ccnc3c2C=C([C@H](C)N2CCC(c4ccc(C(=O)N5CCC(CN6CCC(Cc7ccc8c(c7)CCC(=O)N8C7CCC(=O)NC7=O)C[C@@H]6C)CC5)cc4)CC2)C(C)C3)cc1F. The van der Waals surface area contributed by atoms with Crippen LogP contribution >= 0.6 is 0 Å². The van der Waals surface area contributed by atoms with Gasteiger partial charge in [-0.2, -0.15) is 0 Å². The highest BCUT2D eigenvalue weighted by Crippen LogP contribution is 2.38. The number of nitrogens with zero attached hydrogens (tertiary/aromatic N) is 6. The number of hydrogen-bond donors (Lipinski definition) is 2. The van der Waals surface area contributed by atoms with Crippen LogP contribution in [0.3, 0.4) is 0 Å². The highest BCUT2D eigenvalue weighted by Gasteiger charge is 2.39. The van der Waals surface area contributed by atoms with Crippen molar-refractivity contribution in [1.29, 1.82) is 0 Å². The van der Waals surface area contributed by atoms with Gasteiger partial charge in [0.15, 0.2) is 5.82 Å². The summed E-state index contributed by atoms with van der Waals surface area (Å²) >= 11 is 0. The van der Waals surface area contributed by atoms with Crippen LogP contribution < -0.4 is 21.1 Å². The predicted molar refractivity (Wildman–Crippen MR) is 274 cm³/mol. The van der Waals surface area contributed by atoms with Crippen LogP contribution in [-0.4, -0.2) is 112 Å². The molecule has 0 saturated carbocycles. The number of aryl methyl sites for hydroxylation is 1. The first-order valence-electron chi connectivity index (χ1n) is 26.3. The lowest BCUT2D eigenvalue weighted by molar-refractivity contribution is -0.135. The normalized spacial score (nSPS) is 24.2. The number of imide groups is 1. The number of amides is 4. The van der Waals surface area contributed by atoms with E-state index >= 15 is 0 Å². The Bertz CT molecular complexity index is 2770. The molecule has 7 heterocycles. The van der Waals surface area contributed by atoms with Gasteiger partial charge in [0.05, 0.1) is 23.3 Å². The molecule has 2 N–H and O–H groups in total. The third-order valence-electron chi connectivity index (χ3n) is 17.0. The molecule has 4 amide bonds. The molecule has 5 atom stereocenters. The van der Waals surface area contributed by atoms with Crippen LogP contribution in [0.2, 0.25) is 0 Å². The van der Waals surface area contributed by atoms with E-state index in [0.717, 1.165) is 119 Å². The maximum absolute atomic E-state index is 14.9. The molecule has 4 aromatic rings. The number of nitrogens with one attached hydrogen (secondary N) is 2. The average molecular weight is 965 g/mol. The zero-order chi connectivity index (χ0) is 49.5. The van der Waals surface area contributed by atoms with E-state index in [-0.39, 0.29) is 53.3 Å². The molecule has 5 aliphatic heterocycles. The Kier molecular flexibility index (Phi) is 14.1. The first-order chi connectivity index (χ1) is 34.3. The molecule has 4 fully saturated rings. The van der Waals surface area contributed by atoms with Gasteiger partial charge in [0.25, 0.3) is 11.5 Å². The summed E-state index contributed by atoms with van der Waals surface area (Å²) in [5, 5.41) is 5.17. The molecule has 13 nitrogen and oxygen atoms in total. The minimum absolute atomic E-state index is 0.0546. The van der Waals surface area contributed by atoms with Crippen molar-refractivity contribution in [2.45, 2.75) is 122 Å². The second kappa shape index (κ2) is 20.6. The van der Waals surface area contributed by atoms with Crippen molar-refractivity contribution in [2.75, 3.05) is 56.5 Å². The molecule has 6 aliphatic rings. The van der Waals surface area contributed by atoms with Gasteiger partial charge in [0.1, 0.15) is 6.04 Å². The van der Waals surface area contributed by atoms with Gasteiger partial charge in [-0.3, -0.25) is 48.6 Å². The fraction of sp³-hybridized carbons (Fsp3) is 0.509. The van der Waals surface area contributed by atoms with Crippen molar-refractivity contribution >= 4 is 41.1 Å². The highest BCUT2D eigenvalue weighted by molar-refractivity contribution is 6.08. The third-order valence-corrected chi connectivity index (χ3v) is 17.0. The summed E-state index contributed by atoms with van der Waals surface area (Å²) in [6, 6.07) is 17.9. The van der Waals surface area contributed by atoms with Crippen LogP contribution in [0.15, 0.2) is 77.4 Å². The molecule has 10 rings (SSSR count). The number of hydrogen-bond acceptors (Lipinski definition) is 9. The van der Waals surface area contributed by atoms with Crippen molar-refractivity contribution < 1.29 is 23.6 Å². The molecule has 0 radical (unpaired) electrons. The van der Waals surface area contributed by atoms with Crippen molar-refractivity contribution in [1.82, 2.24) is 29.6 Å². The second-order valence-corrected chi connectivity index (χ2v) is 21.4. The van der Waals surface area contributed by atoms with Gasteiger partial charge in [0, 0.05) is 80.7 Å². The number of carbonyl (C=O) groups excluding carboxylic acids is 4. The Morgan fingerprint density at radius 2 is 1.62 bits per heavy atom. The van der Waals surface area contributed by atoms with Gasteiger partial charge in [-0.25, -0.2) is 4.39 Å². The van der Waals surface area contributed by atoms with Gasteiger partial charge in [-0.1, -0.05) is 31.2 Å². The van der Waals surface area contributed by atoms with Gasteiger partial charge in [-0.15, -0.1) is 0 Å². The summed E-state index contributed by atoms with van der Waals surface area (Å²) in [7, 11) is 1.60. The van der Waals surface area contributed by atoms with Crippen molar-refractivity contribution in [3.63, 3.8) is 0 Å². The van der Waals surface area contributed by atoms with Crippen LogP contribution in [0, 0.1) is 23.6 Å². The van der Waals surface area contributed by atoms with Gasteiger partial charge in [-0.05, 0) is 174 Å². The summed E-state index contributed by atoms with van der Waals surface area (Å²) in [4.78, 5) is 77.9. The quantitative estimate of drug-likeness (QED) is 0.146. The first-order valence-corrected chi connectivity index (χ1v) is 26.3. The lowest BCUT2D eigenvalue weighted by Crippen LogP contribution is -2.55. The Balaban J connectivity index is 0.678. The van der Waals surface area contributed by atoms with E-state index in [1.54, 1.807) is 24.2 Å². The number of piperidine rings is 4. The molecule has 3 unspecified atom stereocenters. The number of likely N-dealkylation sites (tertiary alicyclic amines) is 3. The molecular formula is C57H69FN8O5. The molecule has 14 heteroatoms. The lowest BCUT2D eigenvalue weighted by Gasteiger charge is -2.41. The molecule has 4 saturated heterocycles. The van der Waals surface area contributed by atoms with Crippen LogP contribution in [0.25, 0.3) is 11.8 Å². The van der Waals surface area contributed by atoms with E-state index in [4.69, 9.17) is 0 Å². The minimum atomic E-state index is -0.634. The Morgan fingerprint density at radius 1 is 0.859 bits per heavy atom. The van der Waals surface area contributed by atoms with E-state index in [1.165, 1.54) is 33.5 Å². The number of pyridine rings is 2. The lowest BCUT2D eigenvalue weighted by atomic mass is 9.81. The molecule has 71 heavy (non-hydrogen) atoms. The Morgan fingerprint density at radius 3 is 2.35 bits per heavy atom. The van der Waals surface area contributed by atoms with Gasteiger partial charge < -0.3 is 15.1 Å². The maximum atomic E-state index is 14.9. The molecule has 0 bridgehead atoms. The minimum Gasteiger partial charge on any atom is -0.386 e. The number of halogens is 1. The third kappa shape index (κ3) is 10.1. The number of fused-ring (bicyclic) bond motifs is 2. The summed E-state index contributed by atoms with van der Waals surface area (Å²) < 4.78 is 16.2. The van der Waals surface area contributed by atoms with Gasteiger partial charge in [0.2, 0.25) is 17.7 Å². The van der Waals surface area contributed by atoms with E-state index < -0.39 is 11.9 Å². The van der Waals surface area contributed by atoms with Crippen molar-refractivity contribution in [2.24, 2.45) is 17.8 Å². The van der Waals surface area contributed by atoms with E-state index in [0.29, 0.717) is 48.7 Å². The highest BCUT2D eigenvalue weighted by atomic mass is 19.1. The fourth-order valence-corrected chi connectivity index (χ4v) is 12.8. The predicted octanol–water partition coefficient (Wildman–Crippen LogP) is 7.54. The average Bonchev–Trinajstić information content (AvgIpc) is 3.37. The fourth-order valence-electron chi connectivity index (χ4n) is 12.8. The second-order valence-electron chi connectivity index (χ2n) is 21.4. The van der Waals surface area contributed by atoms with Crippen molar-refractivity contribution in [3.8, 4) is 5.69 Å². The number of carbonyl (C=O) groups is 4. The molecule has 0 spiro atoms. The standard InChI is InChI=1S/C57H69FN8O5/c1-35-27-48-46(51(15-21-60-48)65-34-47(58)49(59-4)32-55(65)69)31-45(35)37(3)62-25-19-42(20-26-62)41-6-8-43(9-7-41)57(71)63-22-16-38(17-23-63)33-64-24-18-40(28-36(64)2)29-39-5-11-50-44(30-39)10-14-54(68)66(50)52-12-13-53(67)61-56(52)70/h5-9,11,15,21,30-32,34-38,40,42,52,59H,10,12-14,16-20,22-29,33H2,1-4H3,(H,61,67,70)/t35?,36-,37-,40?,52?/m0/s1. The van der Waals surface area contributed by atoms with E-state index in [1.807, 2.05) is 23.1 Å². The molecular weight excluding hydrogens is 896 g/mol. The maximum Gasteiger partial charge on any atom is 0.257 e. The molecule has 2 aromatic heterocycles. The largest absolute Gasteiger partial charge is 0.386 e. The number of aromatic nitrogens is 2. The van der Waals surface area contributed by atoms with Crippen LogP contribution in [0.1, 0.15) is 123 Å². The van der Waals surface area contributed by atoms with Crippen molar-refractivity contribution in [3.05, 3.63) is 122 Å². The Hall–Kier alpha value is -5.99. The number of anilines is 2. The van der Waals surface area contributed by atoms with E-state index in [9.17, 15) is 28.4 Å². The first kappa shape index (κ1) is 48.6. The number of benzene rings is 2. The van der Waals surface area contributed by atoms with E-state index in [2.05, 4.69) is 76.5 Å². The molecule has 374 valence electrons. The zero-order valence-corrected chi connectivity index (χ0v) is 41.8. The topological polar surface area (TPSA) is 140 Å². The summed E-state index contributed by atoms with van der Waals surface area (Å²) in [6.07, 6.45) is 15.0. The van der Waals surface area contributed by atoms with Crippen LogP contribution in [-0.2, 0) is 33.6 Å². The molecule has 1 aliphatic carbocycles. The van der Waals surface area contributed by atoms with Crippen LogP contribution in [0.5, 0.6) is 0 Å². The summed E-state index contributed by atoms with van der Waals surface area (Å²) in [5.74, 6) is 0.796. The van der Waals surface area contributed by atoms with Crippen LogP contribution in [0.4, 0.5) is 15.8 Å². The number of rotatable bonds is 11. The molecule has 2 aromatic carbocycles.